The average Bonchev–Trinajstić information content (AvgIpc) is 2.80. The molecule has 17 heavy (non-hydrogen) atoms. The van der Waals surface area contributed by atoms with Gasteiger partial charge in [0.1, 0.15) is 5.82 Å². The molecule has 1 aromatic carbocycles. The van der Waals surface area contributed by atoms with Gasteiger partial charge < -0.3 is 10.2 Å². The summed E-state index contributed by atoms with van der Waals surface area (Å²) in [6.45, 7) is 3.45. The van der Waals surface area contributed by atoms with E-state index in [1.54, 1.807) is 11.8 Å². The van der Waals surface area contributed by atoms with E-state index >= 15 is 0 Å². The molecule has 0 bridgehead atoms. The van der Waals surface area contributed by atoms with Crippen LogP contribution in [0.4, 0.5) is 4.39 Å². The van der Waals surface area contributed by atoms with Crippen LogP contribution in [0.25, 0.3) is 0 Å². The zero-order valence-corrected chi connectivity index (χ0v) is 11.0. The molecule has 1 aliphatic heterocycles. The molecule has 1 aromatic rings. The number of benzene rings is 1. The number of halogens is 1. The van der Waals surface area contributed by atoms with Crippen LogP contribution >= 0.6 is 11.8 Å². The van der Waals surface area contributed by atoms with Gasteiger partial charge in [0.05, 0.1) is 0 Å². The molecule has 0 aromatic heterocycles. The van der Waals surface area contributed by atoms with Gasteiger partial charge in [-0.05, 0) is 44.3 Å². The zero-order valence-electron chi connectivity index (χ0n) is 10.2. The van der Waals surface area contributed by atoms with Crippen LogP contribution in [0.3, 0.4) is 0 Å². The molecule has 0 amide bonds. The van der Waals surface area contributed by atoms with Crippen molar-refractivity contribution in [2.75, 3.05) is 32.4 Å². The van der Waals surface area contributed by atoms with E-state index in [1.807, 2.05) is 19.2 Å². The van der Waals surface area contributed by atoms with Crippen LogP contribution in [0, 0.1) is 5.82 Å². The van der Waals surface area contributed by atoms with E-state index in [4.69, 9.17) is 0 Å². The first-order valence-corrected chi connectivity index (χ1v) is 7.04. The minimum atomic E-state index is -0.161. The highest BCUT2D eigenvalue weighted by molar-refractivity contribution is 7.99. The van der Waals surface area contributed by atoms with Crippen LogP contribution in [-0.4, -0.2) is 43.4 Å². The van der Waals surface area contributed by atoms with Gasteiger partial charge in [0, 0.05) is 29.8 Å². The molecule has 1 saturated heterocycles. The molecule has 94 valence electrons. The van der Waals surface area contributed by atoms with Crippen LogP contribution in [0.2, 0.25) is 0 Å². The van der Waals surface area contributed by atoms with E-state index in [0.29, 0.717) is 6.04 Å². The molecule has 0 radical (unpaired) electrons. The molecule has 0 saturated carbocycles. The van der Waals surface area contributed by atoms with E-state index in [9.17, 15) is 4.39 Å². The molecule has 4 heteroatoms. The van der Waals surface area contributed by atoms with Gasteiger partial charge in [0.15, 0.2) is 0 Å². The van der Waals surface area contributed by atoms with Crippen molar-refractivity contribution in [1.29, 1.82) is 0 Å². The van der Waals surface area contributed by atoms with Crippen molar-refractivity contribution in [1.82, 2.24) is 10.2 Å². The molecule has 1 heterocycles. The Bertz CT molecular complexity index is 342. The van der Waals surface area contributed by atoms with Gasteiger partial charge in [0.2, 0.25) is 0 Å². The van der Waals surface area contributed by atoms with Crippen LogP contribution in [0.5, 0.6) is 0 Å². The summed E-state index contributed by atoms with van der Waals surface area (Å²) in [7, 11) is 2.03. The van der Waals surface area contributed by atoms with Crippen molar-refractivity contribution in [3.05, 3.63) is 30.1 Å². The Morgan fingerprint density at radius 1 is 1.41 bits per heavy atom. The van der Waals surface area contributed by atoms with E-state index in [2.05, 4.69) is 10.2 Å². The molecule has 1 N–H and O–H groups in total. The largest absolute Gasteiger partial charge is 0.316 e. The number of thioether (sulfide) groups is 1. The highest BCUT2D eigenvalue weighted by Gasteiger charge is 2.19. The fraction of sp³-hybridized carbons (Fsp3) is 0.538. The molecule has 1 fully saturated rings. The van der Waals surface area contributed by atoms with Crippen LogP contribution < -0.4 is 5.32 Å². The number of likely N-dealkylation sites (tertiary alicyclic amines) is 1. The fourth-order valence-corrected chi connectivity index (χ4v) is 3.01. The van der Waals surface area contributed by atoms with Gasteiger partial charge in [-0.25, -0.2) is 4.39 Å². The summed E-state index contributed by atoms with van der Waals surface area (Å²) >= 11 is 1.80. The summed E-state index contributed by atoms with van der Waals surface area (Å²) < 4.78 is 12.7. The van der Waals surface area contributed by atoms with Crippen molar-refractivity contribution < 1.29 is 4.39 Å². The summed E-state index contributed by atoms with van der Waals surface area (Å²) in [4.78, 5) is 3.63. The van der Waals surface area contributed by atoms with E-state index in [0.717, 1.165) is 23.7 Å². The lowest BCUT2D eigenvalue weighted by atomic mass is 10.3. The van der Waals surface area contributed by atoms with Crippen LogP contribution in [0.1, 0.15) is 6.42 Å². The van der Waals surface area contributed by atoms with Gasteiger partial charge in [-0.1, -0.05) is 0 Å². The first-order valence-electron chi connectivity index (χ1n) is 6.06. The lowest BCUT2D eigenvalue weighted by Gasteiger charge is -2.15. The Labute approximate surface area is 107 Å². The lowest BCUT2D eigenvalue weighted by molar-refractivity contribution is 0.351. The standard InChI is InChI=1S/C13H19FN2S/c1-15-12-6-7-16(10-12)8-9-17-13-4-2-11(14)3-5-13/h2-5,12,15H,6-10H2,1H3. The van der Waals surface area contributed by atoms with Crippen molar-refractivity contribution in [3.8, 4) is 0 Å². The van der Waals surface area contributed by atoms with Gasteiger partial charge in [-0.15, -0.1) is 11.8 Å². The highest BCUT2D eigenvalue weighted by atomic mass is 32.2. The second kappa shape index (κ2) is 6.38. The summed E-state index contributed by atoms with van der Waals surface area (Å²) in [6.07, 6.45) is 1.25. The normalized spacial score (nSPS) is 20.9. The third-order valence-corrected chi connectivity index (χ3v) is 4.16. The Morgan fingerprint density at radius 3 is 2.82 bits per heavy atom. The molecule has 1 atom stereocenters. The summed E-state index contributed by atoms with van der Waals surface area (Å²) in [5.41, 5.74) is 0. The molecular formula is C13H19FN2S. The second-order valence-corrected chi connectivity index (χ2v) is 5.55. The smallest absolute Gasteiger partial charge is 0.123 e. The van der Waals surface area contributed by atoms with Crippen molar-refractivity contribution in [2.45, 2.75) is 17.4 Å². The molecule has 2 nitrogen and oxygen atoms in total. The van der Waals surface area contributed by atoms with Gasteiger partial charge in [-0.3, -0.25) is 0 Å². The minimum Gasteiger partial charge on any atom is -0.316 e. The maximum absolute atomic E-state index is 12.7. The Morgan fingerprint density at radius 2 is 2.18 bits per heavy atom. The zero-order chi connectivity index (χ0) is 12.1. The number of hydrogen-bond donors (Lipinski definition) is 1. The third kappa shape index (κ3) is 3.98. The minimum absolute atomic E-state index is 0.161. The number of nitrogens with zero attached hydrogens (tertiary/aromatic N) is 1. The van der Waals surface area contributed by atoms with Gasteiger partial charge in [-0.2, -0.15) is 0 Å². The van der Waals surface area contributed by atoms with Gasteiger partial charge in [0.25, 0.3) is 0 Å². The van der Waals surface area contributed by atoms with E-state index in [1.165, 1.54) is 25.1 Å². The van der Waals surface area contributed by atoms with Crippen LogP contribution in [0.15, 0.2) is 29.2 Å². The molecule has 2 rings (SSSR count). The number of nitrogens with one attached hydrogen (secondary N) is 1. The molecule has 1 aliphatic rings. The maximum atomic E-state index is 12.7. The van der Waals surface area contributed by atoms with Crippen molar-refractivity contribution in [2.24, 2.45) is 0 Å². The SMILES string of the molecule is CNC1CCN(CCSc2ccc(F)cc2)C1. The summed E-state index contributed by atoms with van der Waals surface area (Å²) in [5.74, 6) is 0.910. The topological polar surface area (TPSA) is 15.3 Å². The monoisotopic (exact) mass is 254 g/mol. The van der Waals surface area contributed by atoms with Crippen molar-refractivity contribution in [3.63, 3.8) is 0 Å². The Hall–Kier alpha value is -0.580. The number of rotatable bonds is 5. The summed E-state index contributed by atoms with van der Waals surface area (Å²) in [6, 6.07) is 7.40. The quantitative estimate of drug-likeness (QED) is 0.811. The molecule has 0 aliphatic carbocycles. The van der Waals surface area contributed by atoms with Gasteiger partial charge >= 0.3 is 0 Å². The predicted octanol–water partition coefficient (Wildman–Crippen LogP) is 2.21. The predicted molar refractivity (Wildman–Crippen MR) is 71.0 cm³/mol. The highest BCUT2D eigenvalue weighted by Crippen LogP contribution is 2.19. The maximum Gasteiger partial charge on any atom is 0.123 e. The molecule has 1 unspecified atom stereocenters. The number of likely N-dealkylation sites (N-methyl/N-ethyl adjacent to an activating group) is 1. The average molecular weight is 254 g/mol. The number of hydrogen-bond acceptors (Lipinski definition) is 3. The fourth-order valence-electron chi connectivity index (χ4n) is 2.09. The van der Waals surface area contributed by atoms with E-state index in [-0.39, 0.29) is 5.82 Å². The third-order valence-electron chi connectivity index (χ3n) is 3.17. The Kier molecular flexibility index (Phi) is 4.83. The first-order chi connectivity index (χ1) is 8.28. The van der Waals surface area contributed by atoms with Crippen LogP contribution in [-0.2, 0) is 0 Å². The molecular weight excluding hydrogens is 235 g/mol. The van der Waals surface area contributed by atoms with E-state index < -0.39 is 0 Å². The Balaban J connectivity index is 1.68. The first kappa shape index (κ1) is 12.9. The summed E-state index contributed by atoms with van der Waals surface area (Å²) in [5, 5.41) is 3.32. The van der Waals surface area contributed by atoms with Crippen molar-refractivity contribution >= 4 is 11.8 Å². The lowest BCUT2D eigenvalue weighted by Crippen LogP contribution is -2.30. The second-order valence-electron chi connectivity index (χ2n) is 4.38. The molecule has 0 spiro atoms.